The van der Waals surface area contributed by atoms with Crippen LogP contribution in [0.3, 0.4) is 0 Å². The van der Waals surface area contributed by atoms with Crippen LogP contribution in [0, 0.1) is 0 Å². The fraction of sp³-hybridized carbons (Fsp3) is 0.286. The smallest absolute Gasteiger partial charge is 0.0746 e. The van der Waals surface area contributed by atoms with E-state index in [0.29, 0.717) is 5.92 Å². The van der Waals surface area contributed by atoms with Crippen LogP contribution in [-0.2, 0) is 0 Å². The molecule has 0 nitrogen and oxygen atoms in total. The molecule has 0 N–H and O–H groups in total. The maximum absolute atomic E-state index is 6.56. The van der Waals surface area contributed by atoms with E-state index in [9.17, 15) is 0 Å². The summed E-state index contributed by atoms with van der Waals surface area (Å²) in [5.41, 5.74) is 1.33. The molecular formula is C14H15ClS. The van der Waals surface area contributed by atoms with E-state index in [2.05, 4.69) is 48.7 Å². The molecule has 2 heteroatoms. The van der Waals surface area contributed by atoms with Crippen LogP contribution in [0.2, 0.25) is 0 Å². The minimum atomic E-state index is 0.0902. The molecule has 2 unspecified atom stereocenters. The van der Waals surface area contributed by atoms with Gasteiger partial charge in [0.1, 0.15) is 0 Å². The number of rotatable bonds is 4. The Labute approximate surface area is 106 Å². The minimum Gasteiger partial charge on any atom is -0.147 e. The molecule has 0 saturated carbocycles. The number of hydrogen-bond acceptors (Lipinski definition) is 1. The quantitative estimate of drug-likeness (QED) is 0.653. The molecule has 16 heavy (non-hydrogen) atoms. The number of thiophene rings is 1. The van der Waals surface area contributed by atoms with Crippen LogP contribution >= 0.6 is 22.9 Å². The normalized spacial score (nSPS) is 14.6. The molecule has 0 radical (unpaired) electrons. The average Bonchev–Trinajstić information content (AvgIpc) is 2.85. The summed E-state index contributed by atoms with van der Waals surface area (Å²) in [5.74, 6) is 0.404. The molecule has 1 aromatic heterocycles. The second kappa shape index (κ2) is 5.51. The second-order valence-electron chi connectivity index (χ2n) is 3.84. The Morgan fingerprint density at radius 1 is 1.12 bits per heavy atom. The van der Waals surface area contributed by atoms with Crippen molar-refractivity contribution < 1.29 is 0 Å². The van der Waals surface area contributed by atoms with E-state index >= 15 is 0 Å². The van der Waals surface area contributed by atoms with Crippen LogP contribution in [0.5, 0.6) is 0 Å². The van der Waals surface area contributed by atoms with E-state index in [0.717, 1.165) is 6.42 Å². The Balaban J connectivity index is 2.23. The second-order valence-corrected chi connectivity index (χ2v) is 5.29. The van der Waals surface area contributed by atoms with Gasteiger partial charge < -0.3 is 0 Å². The lowest BCUT2D eigenvalue weighted by atomic mass is 9.92. The highest BCUT2D eigenvalue weighted by Crippen LogP contribution is 2.40. The average molecular weight is 251 g/mol. The van der Waals surface area contributed by atoms with E-state index in [-0.39, 0.29) is 5.38 Å². The zero-order valence-electron chi connectivity index (χ0n) is 9.27. The van der Waals surface area contributed by atoms with Crippen molar-refractivity contribution in [3.8, 4) is 0 Å². The predicted molar refractivity (Wildman–Crippen MR) is 72.4 cm³/mol. The van der Waals surface area contributed by atoms with Gasteiger partial charge in [-0.25, -0.2) is 0 Å². The first-order chi connectivity index (χ1) is 7.83. The van der Waals surface area contributed by atoms with Gasteiger partial charge in [-0.15, -0.1) is 22.9 Å². The summed E-state index contributed by atoms with van der Waals surface area (Å²) in [6.07, 6.45) is 1.07. The van der Waals surface area contributed by atoms with Crippen molar-refractivity contribution >= 4 is 22.9 Å². The first kappa shape index (κ1) is 11.7. The lowest BCUT2D eigenvalue weighted by Crippen LogP contribution is -2.04. The molecule has 1 heterocycles. The summed E-state index contributed by atoms with van der Waals surface area (Å²) in [6.45, 7) is 2.20. The fourth-order valence-electron chi connectivity index (χ4n) is 1.96. The zero-order valence-corrected chi connectivity index (χ0v) is 10.8. The van der Waals surface area contributed by atoms with Crippen molar-refractivity contribution in [2.45, 2.75) is 24.6 Å². The first-order valence-corrected chi connectivity index (χ1v) is 6.87. The van der Waals surface area contributed by atoms with E-state index in [1.54, 1.807) is 11.3 Å². The Morgan fingerprint density at radius 3 is 2.44 bits per heavy atom. The molecule has 0 aliphatic carbocycles. The van der Waals surface area contributed by atoms with Gasteiger partial charge in [-0.2, -0.15) is 0 Å². The third kappa shape index (κ3) is 2.47. The summed E-state index contributed by atoms with van der Waals surface area (Å²) in [4.78, 5) is 1.26. The highest BCUT2D eigenvalue weighted by atomic mass is 35.5. The molecule has 1 aromatic carbocycles. The van der Waals surface area contributed by atoms with Gasteiger partial charge in [0.25, 0.3) is 0 Å². The molecule has 2 atom stereocenters. The molecule has 84 valence electrons. The van der Waals surface area contributed by atoms with Crippen molar-refractivity contribution in [2.24, 2.45) is 0 Å². The lowest BCUT2D eigenvalue weighted by molar-refractivity contribution is 0.647. The van der Waals surface area contributed by atoms with Gasteiger partial charge in [-0.1, -0.05) is 43.3 Å². The fourth-order valence-corrected chi connectivity index (χ4v) is 3.27. The van der Waals surface area contributed by atoms with Crippen LogP contribution in [0.1, 0.15) is 35.1 Å². The Bertz CT molecular complexity index is 408. The molecule has 0 bridgehead atoms. The third-order valence-electron chi connectivity index (χ3n) is 2.84. The molecule has 0 aliphatic heterocycles. The summed E-state index contributed by atoms with van der Waals surface area (Å²) in [7, 11) is 0. The van der Waals surface area contributed by atoms with Gasteiger partial charge in [0, 0.05) is 10.8 Å². The van der Waals surface area contributed by atoms with Crippen molar-refractivity contribution in [1.82, 2.24) is 0 Å². The Morgan fingerprint density at radius 2 is 1.88 bits per heavy atom. The van der Waals surface area contributed by atoms with E-state index in [4.69, 9.17) is 11.6 Å². The molecule has 0 fully saturated rings. The third-order valence-corrected chi connectivity index (χ3v) is 4.46. The van der Waals surface area contributed by atoms with E-state index in [1.807, 2.05) is 6.07 Å². The SMILES string of the molecule is CCC(c1ccccc1)C(Cl)c1cccs1. The van der Waals surface area contributed by atoms with Crippen LogP contribution in [0.25, 0.3) is 0 Å². The van der Waals surface area contributed by atoms with Crippen molar-refractivity contribution in [3.63, 3.8) is 0 Å². The predicted octanol–water partition coefficient (Wildman–Crippen LogP) is 5.22. The minimum absolute atomic E-state index is 0.0902. The van der Waals surface area contributed by atoms with Gasteiger partial charge in [0.05, 0.1) is 5.38 Å². The topological polar surface area (TPSA) is 0 Å². The van der Waals surface area contributed by atoms with Crippen molar-refractivity contribution in [2.75, 3.05) is 0 Å². The van der Waals surface area contributed by atoms with Crippen LogP contribution in [0.15, 0.2) is 47.8 Å². The summed E-state index contributed by atoms with van der Waals surface area (Å²) in [6, 6.07) is 14.7. The zero-order chi connectivity index (χ0) is 11.4. The number of hydrogen-bond donors (Lipinski definition) is 0. The maximum atomic E-state index is 6.56. The Hall–Kier alpha value is -0.790. The van der Waals surface area contributed by atoms with Gasteiger partial charge in [0.2, 0.25) is 0 Å². The van der Waals surface area contributed by atoms with Gasteiger partial charge >= 0.3 is 0 Å². The highest BCUT2D eigenvalue weighted by Gasteiger charge is 2.21. The molecule has 0 aliphatic rings. The molecule has 0 saturated heterocycles. The van der Waals surface area contributed by atoms with Crippen LogP contribution in [-0.4, -0.2) is 0 Å². The van der Waals surface area contributed by atoms with E-state index in [1.165, 1.54) is 10.4 Å². The molecular weight excluding hydrogens is 236 g/mol. The van der Waals surface area contributed by atoms with Gasteiger partial charge in [-0.05, 0) is 23.4 Å². The number of alkyl halides is 1. The lowest BCUT2D eigenvalue weighted by Gasteiger charge is -2.20. The monoisotopic (exact) mass is 250 g/mol. The van der Waals surface area contributed by atoms with Crippen LogP contribution in [0.4, 0.5) is 0 Å². The van der Waals surface area contributed by atoms with E-state index < -0.39 is 0 Å². The van der Waals surface area contributed by atoms with Crippen molar-refractivity contribution in [3.05, 3.63) is 58.3 Å². The largest absolute Gasteiger partial charge is 0.147 e. The van der Waals surface area contributed by atoms with Crippen LogP contribution < -0.4 is 0 Å². The summed E-state index contributed by atoms with van der Waals surface area (Å²) in [5, 5.41) is 2.18. The highest BCUT2D eigenvalue weighted by molar-refractivity contribution is 7.10. The summed E-state index contributed by atoms with van der Waals surface area (Å²) < 4.78 is 0. The first-order valence-electron chi connectivity index (χ1n) is 5.55. The standard InChI is InChI=1S/C14H15ClS/c1-2-12(11-7-4-3-5-8-11)14(15)13-9-6-10-16-13/h3-10,12,14H,2H2,1H3. The van der Waals surface area contributed by atoms with Crippen molar-refractivity contribution in [1.29, 1.82) is 0 Å². The molecule has 2 rings (SSSR count). The molecule has 0 amide bonds. The van der Waals surface area contributed by atoms with Gasteiger partial charge in [-0.3, -0.25) is 0 Å². The Kier molecular flexibility index (Phi) is 4.03. The molecule has 2 aromatic rings. The summed E-state index contributed by atoms with van der Waals surface area (Å²) >= 11 is 8.30. The number of halogens is 1. The number of benzene rings is 1. The maximum Gasteiger partial charge on any atom is 0.0746 e. The van der Waals surface area contributed by atoms with Gasteiger partial charge in [0.15, 0.2) is 0 Å². The molecule has 0 spiro atoms.